The zero-order valence-corrected chi connectivity index (χ0v) is 8.58. The van der Waals surface area contributed by atoms with E-state index in [0.29, 0.717) is 0 Å². The van der Waals surface area contributed by atoms with Crippen molar-refractivity contribution in [3.63, 3.8) is 0 Å². The van der Waals surface area contributed by atoms with Crippen molar-refractivity contribution in [2.45, 2.75) is 26.7 Å². The number of halogens is 1. The molecular weight excluding hydrogens is 176 g/mol. The molecule has 0 spiro atoms. The third kappa shape index (κ3) is 2.69. The fourth-order valence-electron chi connectivity index (χ4n) is 0.722. The summed E-state index contributed by atoms with van der Waals surface area (Å²) in [6, 6.07) is 0. The molecule has 1 fully saturated rings. The maximum Gasteiger partial charge on any atom is 2.00 e. The van der Waals surface area contributed by atoms with Crippen molar-refractivity contribution in [3.05, 3.63) is 5.92 Å². The van der Waals surface area contributed by atoms with Gasteiger partial charge in [0.2, 0.25) is 0 Å². The van der Waals surface area contributed by atoms with Gasteiger partial charge in [-0.15, -0.1) is 6.42 Å². The van der Waals surface area contributed by atoms with E-state index in [9.17, 15) is 0 Å². The molecule has 1 saturated carbocycles. The molecule has 0 saturated heterocycles. The second-order valence-corrected chi connectivity index (χ2v) is 2.29. The zero-order valence-electron chi connectivity index (χ0n) is 5.58. The monoisotopic (exact) mass is 186 g/mol. The molecule has 2 heteroatoms. The Kier molecular flexibility index (Phi) is 7.58. The molecule has 0 radical (unpaired) electrons. The predicted octanol–water partition coefficient (Wildman–Crippen LogP) is -1.37. The average molecular weight is 187 g/mol. The first kappa shape index (κ1) is 12.0. The van der Waals surface area contributed by atoms with Crippen LogP contribution in [0.4, 0.5) is 0 Å². The largest absolute Gasteiger partial charge is 2.00 e. The van der Waals surface area contributed by atoms with Crippen molar-refractivity contribution in [1.29, 1.82) is 0 Å². The van der Waals surface area contributed by atoms with Gasteiger partial charge in [-0.3, -0.25) is 0 Å². The first-order valence-corrected chi connectivity index (χ1v) is 2.63. The Labute approximate surface area is 78.3 Å². The van der Waals surface area contributed by atoms with Crippen LogP contribution in [0.25, 0.3) is 0 Å². The van der Waals surface area contributed by atoms with E-state index in [4.69, 9.17) is 0 Å². The van der Waals surface area contributed by atoms with Crippen molar-refractivity contribution < 1.29 is 17.0 Å². The second-order valence-electron chi connectivity index (χ2n) is 2.29. The topological polar surface area (TPSA) is 0 Å². The normalized spacial score (nSPS) is 27.0. The summed E-state index contributed by atoms with van der Waals surface area (Å²) in [5.41, 5.74) is 0. The minimum atomic E-state index is 0. The van der Waals surface area contributed by atoms with Gasteiger partial charge in [0.25, 0.3) is 0 Å². The summed E-state index contributed by atoms with van der Waals surface area (Å²) < 4.78 is 0. The molecule has 0 bridgehead atoms. The van der Waals surface area contributed by atoms with Gasteiger partial charge in [0.1, 0.15) is 0 Å². The van der Waals surface area contributed by atoms with Crippen LogP contribution < -0.4 is 17.0 Å². The van der Waals surface area contributed by atoms with Crippen molar-refractivity contribution in [1.82, 2.24) is 0 Å². The Balaban J connectivity index is 0. The van der Waals surface area contributed by atoms with Gasteiger partial charge in [0.15, 0.2) is 0 Å². The summed E-state index contributed by atoms with van der Waals surface area (Å²) in [7, 11) is 0. The zero-order chi connectivity index (χ0) is 4.57. The number of rotatable bonds is 0. The molecule has 0 N–H and O–H groups in total. The SMILES string of the molecule is C[C-]1CCC1C.[Br-].[Mg+2]. The first-order valence-electron chi connectivity index (χ1n) is 2.63. The van der Waals surface area contributed by atoms with E-state index in [-0.39, 0.29) is 40.0 Å². The van der Waals surface area contributed by atoms with Crippen LogP contribution in [0.1, 0.15) is 26.7 Å². The summed E-state index contributed by atoms with van der Waals surface area (Å²) in [6.07, 6.45) is 2.83. The Morgan fingerprint density at radius 1 is 1.50 bits per heavy atom. The molecule has 44 valence electrons. The van der Waals surface area contributed by atoms with E-state index < -0.39 is 0 Å². The second kappa shape index (κ2) is 5.06. The van der Waals surface area contributed by atoms with E-state index >= 15 is 0 Å². The van der Waals surface area contributed by atoms with Gasteiger partial charge in [-0.1, -0.05) is 6.92 Å². The van der Waals surface area contributed by atoms with Crippen molar-refractivity contribution in [2.24, 2.45) is 5.92 Å². The van der Waals surface area contributed by atoms with E-state index in [2.05, 4.69) is 13.8 Å². The average Bonchev–Trinajstić information content (AvgIpc) is 1.61. The number of hydrogen-bond acceptors (Lipinski definition) is 0. The molecule has 0 aliphatic heterocycles. The smallest absolute Gasteiger partial charge is 1.00 e. The van der Waals surface area contributed by atoms with Gasteiger partial charge in [-0.25, -0.2) is 0 Å². The number of hydrogen-bond donors (Lipinski definition) is 0. The van der Waals surface area contributed by atoms with Crippen LogP contribution in [0, 0.1) is 11.8 Å². The molecule has 0 aromatic heterocycles. The fraction of sp³-hybridized carbons (Fsp3) is 0.833. The standard InChI is InChI=1S/C6H11.BrH.Mg/c1-5-3-4-6(5)2;;/h5H,3-4H2,1-2H3;1H;/q-1;;+2/p-1. The Hall–Kier alpha value is 1.25. The third-order valence-electron chi connectivity index (χ3n) is 1.81. The van der Waals surface area contributed by atoms with Gasteiger partial charge >= 0.3 is 23.1 Å². The van der Waals surface area contributed by atoms with E-state index in [1.54, 1.807) is 5.92 Å². The van der Waals surface area contributed by atoms with Crippen molar-refractivity contribution >= 4 is 23.1 Å². The van der Waals surface area contributed by atoms with Crippen molar-refractivity contribution in [3.8, 4) is 0 Å². The maximum atomic E-state index is 2.29. The summed E-state index contributed by atoms with van der Waals surface area (Å²) in [5, 5.41) is 0. The summed E-state index contributed by atoms with van der Waals surface area (Å²) >= 11 is 0. The first-order chi connectivity index (χ1) is 2.80. The van der Waals surface area contributed by atoms with E-state index in [1.165, 1.54) is 12.8 Å². The Morgan fingerprint density at radius 3 is 1.88 bits per heavy atom. The van der Waals surface area contributed by atoms with Gasteiger partial charge in [0.05, 0.1) is 0 Å². The Morgan fingerprint density at radius 2 is 1.88 bits per heavy atom. The van der Waals surface area contributed by atoms with Crippen LogP contribution in [0.15, 0.2) is 0 Å². The summed E-state index contributed by atoms with van der Waals surface area (Å²) in [4.78, 5) is 0. The van der Waals surface area contributed by atoms with Crippen LogP contribution in [0.5, 0.6) is 0 Å². The van der Waals surface area contributed by atoms with Crippen LogP contribution in [0.3, 0.4) is 0 Å². The van der Waals surface area contributed by atoms with Gasteiger partial charge < -0.3 is 22.9 Å². The predicted molar refractivity (Wildman–Crippen MR) is 33.1 cm³/mol. The Bertz CT molecular complexity index is 48.5. The fourth-order valence-corrected chi connectivity index (χ4v) is 0.722. The van der Waals surface area contributed by atoms with Gasteiger partial charge in [-0.2, -0.15) is 19.3 Å². The molecule has 1 atom stereocenters. The molecule has 1 rings (SSSR count). The summed E-state index contributed by atoms with van der Waals surface area (Å²) in [5.74, 6) is 2.64. The van der Waals surface area contributed by atoms with Gasteiger partial charge in [-0.05, 0) is 0 Å². The van der Waals surface area contributed by atoms with Gasteiger partial charge in [0, 0.05) is 0 Å². The van der Waals surface area contributed by atoms with Crippen LogP contribution >= 0.6 is 0 Å². The van der Waals surface area contributed by atoms with Crippen LogP contribution in [-0.2, 0) is 0 Å². The maximum absolute atomic E-state index is 2.29. The molecular formula is C6H11BrMg. The minimum Gasteiger partial charge on any atom is -1.00 e. The molecule has 0 amide bonds. The van der Waals surface area contributed by atoms with Crippen molar-refractivity contribution in [2.75, 3.05) is 0 Å². The molecule has 1 aliphatic rings. The quantitative estimate of drug-likeness (QED) is 0.324. The van der Waals surface area contributed by atoms with Crippen LogP contribution in [-0.4, -0.2) is 23.1 Å². The molecule has 1 aliphatic carbocycles. The third-order valence-corrected chi connectivity index (χ3v) is 1.81. The molecule has 0 aromatic rings. The minimum absolute atomic E-state index is 0. The molecule has 0 aromatic carbocycles. The molecule has 0 nitrogen and oxygen atoms in total. The molecule has 0 heterocycles. The van der Waals surface area contributed by atoms with Crippen LogP contribution in [0.2, 0.25) is 0 Å². The molecule has 8 heavy (non-hydrogen) atoms. The van der Waals surface area contributed by atoms with E-state index in [0.717, 1.165) is 5.92 Å². The summed E-state index contributed by atoms with van der Waals surface area (Å²) in [6.45, 7) is 4.53. The molecule has 1 unspecified atom stereocenters. The van der Waals surface area contributed by atoms with E-state index in [1.807, 2.05) is 0 Å².